The number of hydrazine groups is 1. The van der Waals surface area contributed by atoms with E-state index in [1.54, 1.807) is 6.07 Å². The average Bonchev–Trinajstić information content (AvgIpc) is 2.55. The van der Waals surface area contributed by atoms with Gasteiger partial charge in [0.1, 0.15) is 11.6 Å². The third-order valence-corrected chi connectivity index (χ3v) is 3.25. The zero-order chi connectivity index (χ0) is 15.1. The molecule has 1 aromatic heterocycles. The number of hydrogen-bond acceptors (Lipinski definition) is 6. The summed E-state index contributed by atoms with van der Waals surface area (Å²) < 4.78 is 0. The summed E-state index contributed by atoms with van der Waals surface area (Å²) in [6.45, 7) is 4.93. The Morgan fingerprint density at radius 3 is 2.52 bits per heavy atom. The topological polar surface area (TPSA) is 79.1 Å². The molecule has 0 saturated carbocycles. The van der Waals surface area contributed by atoms with Gasteiger partial charge in [-0.3, -0.25) is 0 Å². The third kappa shape index (κ3) is 4.40. The van der Waals surface area contributed by atoms with Crippen molar-refractivity contribution in [3.63, 3.8) is 0 Å². The molecule has 0 aliphatic rings. The van der Waals surface area contributed by atoms with Crippen molar-refractivity contribution in [3.05, 3.63) is 36.4 Å². The molecule has 1 aromatic carbocycles. The first-order valence-corrected chi connectivity index (χ1v) is 7.06. The van der Waals surface area contributed by atoms with Crippen LogP contribution in [0.4, 0.5) is 11.6 Å². The predicted octanol–water partition coefficient (Wildman–Crippen LogP) is 1.79. The number of hydrogen-bond donors (Lipinski definition) is 3. The number of nitrogen functional groups attached to an aromatic ring is 1. The Hall–Kier alpha value is -2.18. The molecule has 6 nitrogen and oxygen atoms in total. The van der Waals surface area contributed by atoms with Crippen molar-refractivity contribution >= 4 is 11.6 Å². The van der Waals surface area contributed by atoms with E-state index in [0.29, 0.717) is 11.6 Å². The molecule has 0 radical (unpaired) electrons. The first-order chi connectivity index (χ1) is 10.2. The molecule has 0 atom stereocenters. The lowest BCUT2D eigenvalue weighted by molar-refractivity contribution is 0.367. The molecule has 21 heavy (non-hydrogen) atoms. The van der Waals surface area contributed by atoms with Crippen LogP contribution < -0.4 is 16.6 Å². The summed E-state index contributed by atoms with van der Waals surface area (Å²) in [4.78, 5) is 11.2. The van der Waals surface area contributed by atoms with E-state index in [9.17, 15) is 0 Å². The zero-order valence-corrected chi connectivity index (χ0v) is 12.5. The van der Waals surface area contributed by atoms with Crippen LogP contribution in [0.1, 0.15) is 6.92 Å². The Kier molecular flexibility index (Phi) is 5.48. The van der Waals surface area contributed by atoms with Crippen molar-refractivity contribution in [1.29, 1.82) is 0 Å². The van der Waals surface area contributed by atoms with Gasteiger partial charge in [0, 0.05) is 24.7 Å². The lowest BCUT2D eigenvalue weighted by Crippen LogP contribution is -2.25. The van der Waals surface area contributed by atoms with E-state index in [-0.39, 0.29) is 0 Å². The second-order valence-electron chi connectivity index (χ2n) is 4.80. The average molecular weight is 286 g/mol. The van der Waals surface area contributed by atoms with Crippen LogP contribution in [0, 0.1) is 0 Å². The molecule has 4 N–H and O–H groups in total. The number of aromatic nitrogens is 2. The van der Waals surface area contributed by atoms with E-state index >= 15 is 0 Å². The minimum Gasteiger partial charge on any atom is -0.369 e. The van der Waals surface area contributed by atoms with Crippen LogP contribution in [0.25, 0.3) is 11.4 Å². The minimum atomic E-state index is 0.593. The van der Waals surface area contributed by atoms with E-state index in [1.807, 2.05) is 30.3 Å². The standard InChI is InChI=1S/C15H22N6/c1-3-21(2)10-9-17-13-11-14(20-16)19-15(18-13)12-7-5-4-6-8-12/h4-8,11H,3,9-10,16H2,1-2H3,(H2,17,18,19,20). The predicted molar refractivity (Wildman–Crippen MR) is 86.9 cm³/mol. The highest BCUT2D eigenvalue weighted by atomic mass is 15.3. The molecular weight excluding hydrogens is 264 g/mol. The van der Waals surface area contributed by atoms with Gasteiger partial charge in [0.05, 0.1) is 0 Å². The lowest BCUT2D eigenvalue weighted by atomic mass is 10.2. The van der Waals surface area contributed by atoms with Gasteiger partial charge in [0.15, 0.2) is 5.82 Å². The smallest absolute Gasteiger partial charge is 0.163 e. The summed E-state index contributed by atoms with van der Waals surface area (Å²) in [7, 11) is 2.09. The van der Waals surface area contributed by atoms with E-state index in [0.717, 1.165) is 31.0 Å². The molecule has 0 aliphatic carbocycles. The van der Waals surface area contributed by atoms with Crippen molar-refractivity contribution in [2.45, 2.75) is 6.92 Å². The summed E-state index contributed by atoms with van der Waals surface area (Å²) in [6, 6.07) is 11.6. The summed E-state index contributed by atoms with van der Waals surface area (Å²) >= 11 is 0. The molecule has 6 heteroatoms. The largest absolute Gasteiger partial charge is 0.369 e. The van der Waals surface area contributed by atoms with Gasteiger partial charge in [-0.25, -0.2) is 15.8 Å². The monoisotopic (exact) mass is 286 g/mol. The molecule has 0 saturated heterocycles. The SMILES string of the molecule is CCN(C)CCNc1cc(NN)nc(-c2ccccc2)n1. The van der Waals surface area contributed by atoms with Crippen molar-refractivity contribution in [3.8, 4) is 11.4 Å². The number of nitrogens with zero attached hydrogens (tertiary/aromatic N) is 3. The maximum atomic E-state index is 5.49. The van der Waals surface area contributed by atoms with Crippen LogP contribution >= 0.6 is 0 Å². The number of likely N-dealkylation sites (N-methyl/N-ethyl adjacent to an activating group) is 1. The van der Waals surface area contributed by atoms with Crippen molar-refractivity contribution in [2.75, 3.05) is 37.4 Å². The Bertz CT molecular complexity index is 557. The van der Waals surface area contributed by atoms with Gasteiger partial charge >= 0.3 is 0 Å². The van der Waals surface area contributed by atoms with Crippen LogP contribution in [0.3, 0.4) is 0 Å². The molecule has 0 aliphatic heterocycles. The van der Waals surface area contributed by atoms with E-state index < -0.39 is 0 Å². The lowest BCUT2D eigenvalue weighted by Gasteiger charge is -2.15. The highest BCUT2D eigenvalue weighted by molar-refractivity contribution is 5.60. The Labute approximate surface area is 125 Å². The summed E-state index contributed by atoms with van der Waals surface area (Å²) in [5.41, 5.74) is 3.55. The fourth-order valence-corrected chi connectivity index (χ4v) is 1.86. The van der Waals surface area contributed by atoms with E-state index in [2.05, 4.69) is 39.6 Å². The number of nitrogens with one attached hydrogen (secondary N) is 2. The first kappa shape index (κ1) is 15.2. The van der Waals surface area contributed by atoms with Crippen LogP contribution in [0.2, 0.25) is 0 Å². The Morgan fingerprint density at radius 1 is 1.14 bits per heavy atom. The molecule has 0 amide bonds. The third-order valence-electron chi connectivity index (χ3n) is 3.25. The molecule has 0 spiro atoms. The van der Waals surface area contributed by atoms with Crippen molar-refractivity contribution in [1.82, 2.24) is 14.9 Å². The number of nitrogens with two attached hydrogens (primary N) is 1. The minimum absolute atomic E-state index is 0.593. The maximum absolute atomic E-state index is 5.49. The number of benzene rings is 1. The quantitative estimate of drug-likeness (QED) is 0.532. The molecule has 2 rings (SSSR count). The van der Waals surface area contributed by atoms with E-state index in [4.69, 9.17) is 5.84 Å². The maximum Gasteiger partial charge on any atom is 0.163 e. The Balaban J connectivity index is 2.14. The van der Waals surface area contributed by atoms with E-state index in [1.165, 1.54) is 0 Å². The van der Waals surface area contributed by atoms with Gasteiger partial charge < -0.3 is 15.6 Å². The van der Waals surface area contributed by atoms with Gasteiger partial charge in [-0.1, -0.05) is 37.3 Å². The van der Waals surface area contributed by atoms with Crippen molar-refractivity contribution in [2.24, 2.45) is 5.84 Å². The highest BCUT2D eigenvalue weighted by Crippen LogP contribution is 2.19. The Morgan fingerprint density at radius 2 is 1.86 bits per heavy atom. The molecule has 1 heterocycles. The number of rotatable bonds is 7. The van der Waals surface area contributed by atoms with Crippen LogP contribution in [-0.2, 0) is 0 Å². The molecule has 2 aromatic rings. The van der Waals surface area contributed by atoms with Gasteiger partial charge in [0.2, 0.25) is 0 Å². The van der Waals surface area contributed by atoms with Gasteiger partial charge in [-0.2, -0.15) is 0 Å². The molecular formula is C15H22N6. The van der Waals surface area contributed by atoms with Gasteiger partial charge in [-0.05, 0) is 13.6 Å². The summed E-state index contributed by atoms with van der Waals surface area (Å²) in [5, 5.41) is 3.31. The molecule has 0 fully saturated rings. The normalized spacial score (nSPS) is 10.7. The second-order valence-corrected chi connectivity index (χ2v) is 4.80. The fourth-order valence-electron chi connectivity index (χ4n) is 1.86. The molecule has 112 valence electrons. The molecule has 0 unspecified atom stereocenters. The zero-order valence-electron chi connectivity index (χ0n) is 12.5. The first-order valence-electron chi connectivity index (χ1n) is 7.06. The molecule has 0 bridgehead atoms. The summed E-state index contributed by atoms with van der Waals surface area (Å²) in [6.07, 6.45) is 0. The van der Waals surface area contributed by atoms with Gasteiger partial charge in [0.25, 0.3) is 0 Å². The highest BCUT2D eigenvalue weighted by Gasteiger charge is 2.06. The van der Waals surface area contributed by atoms with Crippen LogP contribution in [0.15, 0.2) is 36.4 Å². The van der Waals surface area contributed by atoms with Crippen LogP contribution in [0.5, 0.6) is 0 Å². The fraction of sp³-hybridized carbons (Fsp3) is 0.333. The summed E-state index contributed by atoms with van der Waals surface area (Å²) in [5.74, 6) is 7.50. The number of anilines is 2. The van der Waals surface area contributed by atoms with Crippen molar-refractivity contribution < 1.29 is 0 Å². The second kappa shape index (κ2) is 7.56. The van der Waals surface area contributed by atoms with Gasteiger partial charge in [-0.15, -0.1) is 0 Å². The van der Waals surface area contributed by atoms with Crippen LogP contribution in [-0.4, -0.2) is 41.5 Å².